The Morgan fingerprint density at radius 1 is 1.07 bits per heavy atom. The molecule has 0 aliphatic heterocycles. The van der Waals surface area contributed by atoms with E-state index in [1.807, 2.05) is 78.9 Å². The molecule has 0 aliphatic rings. The lowest BCUT2D eigenvalue weighted by atomic mass is 10.2. The van der Waals surface area contributed by atoms with E-state index in [2.05, 4.69) is 11.1 Å². The highest BCUT2D eigenvalue weighted by atomic mass is 35.5. The van der Waals surface area contributed by atoms with Crippen molar-refractivity contribution in [1.82, 2.24) is 4.98 Å². The minimum absolute atomic E-state index is 0.359. The van der Waals surface area contributed by atoms with Crippen LogP contribution >= 0.6 is 34.7 Å². The summed E-state index contributed by atoms with van der Waals surface area (Å²) in [5.74, 6) is 0.699. The van der Waals surface area contributed by atoms with Crippen molar-refractivity contribution in [3.05, 3.63) is 93.9 Å². The molecule has 3 nitrogen and oxygen atoms in total. The van der Waals surface area contributed by atoms with Crippen LogP contribution in [0.5, 0.6) is 5.75 Å². The smallest absolute Gasteiger partial charge is 0.156 e. The molecule has 0 saturated carbocycles. The number of thioether (sulfide) groups is 1. The second kappa shape index (κ2) is 9.15. The standard InChI is InChI=1S/C23H15ClN2OS2/c24-19-9-3-1-8-17(19)15-27-21-11-5-2-7-16(21)13-18(14-25)28-23-26-20-10-4-6-12-22(20)29-23/h1-13H,15H2. The van der Waals surface area contributed by atoms with E-state index < -0.39 is 0 Å². The first-order valence-corrected chi connectivity index (χ1v) is 10.8. The van der Waals surface area contributed by atoms with Gasteiger partial charge in [0, 0.05) is 16.1 Å². The van der Waals surface area contributed by atoms with Crippen molar-refractivity contribution in [3.63, 3.8) is 0 Å². The SMILES string of the molecule is N#CC(=Cc1ccccc1OCc1ccccc1Cl)Sc1nc2ccccc2s1. The highest BCUT2D eigenvalue weighted by Crippen LogP contribution is 2.35. The van der Waals surface area contributed by atoms with Gasteiger partial charge in [0.1, 0.15) is 18.4 Å². The van der Waals surface area contributed by atoms with Gasteiger partial charge in [-0.3, -0.25) is 0 Å². The molecule has 3 aromatic carbocycles. The Bertz CT molecular complexity index is 1190. The number of fused-ring (bicyclic) bond motifs is 1. The first-order chi connectivity index (χ1) is 14.2. The number of aromatic nitrogens is 1. The minimum atomic E-state index is 0.359. The van der Waals surface area contributed by atoms with E-state index in [0.29, 0.717) is 22.3 Å². The summed E-state index contributed by atoms with van der Waals surface area (Å²) in [5.41, 5.74) is 2.70. The van der Waals surface area contributed by atoms with E-state index in [-0.39, 0.29) is 0 Å². The number of rotatable bonds is 6. The number of thiazole rings is 1. The monoisotopic (exact) mass is 434 g/mol. The molecule has 4 rings (SSSR count). The van der Waals surface area contributed by atoms with Gasteiger partial charge >= 0.3 is 0 Å². The van der Waals surface area contributed by atoms with E-state index in [4.69, 9.17) is 16.3 Å². The molecular weight excluding hydrogens is 420 g/mol. The molecule has 0 atom stereocenters. The lowest BCUT2D eigenvalue weighted by molar-refractivity contribution is 0.305. The average molecular weight is 435 g/mol. The number of nitriles is 1. The molecule has 0 unspecified atom stereocenters. The number of hydrogen-bond donors (Lipinski definition) is 0. The van der Waals surface area contributed by atoms with Gasteiger partial charge < -0.3 is 4.74 Å². The van der Waals surface area contributed by atoms with Gasteiger partial charge in [-0.2, -0.15) is 5.26 Å². The van der Waals surface area contributed by atoms with Crippen molar-refractivity contribution >= 4 is 51.0 Å². The summed E-state index contributed by atoms with van der Waals surface area (Å²) in [7, 11) is 0. The lowest BCUT2D eigenvalue weighted by Gasteiger charge is -2.10. The fourth-order valence-electron chi connectivity index (χ4n) is 2.72. The third-order valence-electron chi connectivity index (χ3n) is 4.13. The van der Waals surface area contributed by atoms with E-state index in [0.717, 1.165) is 25.7 Å². The number of halogens is 1. The lowest BCUT2D eigenvalue weighted by Crippen LogP contribution is -1.97. The Balaban J connectivity index is 1.56. The van der Waals surface area contributed by atoms with Gasteiger partial charge in [0.2, 0.25) is 0 Å². The molecule has 29 heavy (non-hydrogen) atoms. The van der Waals surface area contributed by atoms with Crippen LogP contribution in [0, 0.1) is 11.3 Å². The number of ether oxygens (including phenoxy) is 1. The normalized spacial score (nSPS) is 11.4. The zero-order chi connectivity index (χ0) is 20.1. The maximum Gasteiger partial charge on any atom is 0.156 e. The van der Waals surface area contributed by atoms with E-state index in [9.17, 15) is 5.26 Å². The van der Waals surface area contributed by atoms with Crippen LogP contribution in [-0.2, 0) is 6.61 Å². The number of benzene rings is 3. The van der Waals surface area contributed by atoms with E-state index in [1.165, 1.54) is 11.8 Å². The zero-order valence-electron chi connectivity index (χ0n) is 15.2. The van der Waals surface area contributed by atoms with Crippen molar-refractivity contribution in [3.8, 4) is 11.8 Å². The number of allylic oxidation sites excluding steroid dienone is 1. The largest absolute Gasteiger partial charge is 0.488 e. The van der Waals surface area contributed by atoms with Crippen molar-refractivity contribution in [2.24, 2.45) is 0 Å². The summed E-state index contributed by atoms with van der Waals surface area (Å²) in [6.45, 7) is 0.359. The molecule has 0 radical (unpaired) electrons. The fraction of sp³-hybridized carbons (Fsp3) is 0.0435. The minimum Gasteiger partial charge on any atom is -0.488 e. The van der Waals surface area contributed by atoms with Gasteiger partial charge in [0.05, 0.1) is 15.1 Å². The molecule has 0 N–H and O–H groups in total. The Morgan fingerprint density at radius 3 is 2.66 bits per heavy atom. The molecule has 0 aliphatic carbocycles. The first kappa shape index (κ1) is 19.5. The van der Waals surface area contributed by atoms with Crippen LogP contribution in [0.2, 0.25) is 5.02 Å². The predicted octanol–water partition coefficient (Wildman–Crippen LogP) is 7.19. The maximum absolute atomic E-state index is 9.64. The predicted molar refractivity (Wildman–Crippen MR) is 121 cm³/mol. The first-order valence-electron chi connectivity index (χ1n) is 8.83. The van der Waals surface area contributed by atoms with Crippen LogP contribution in [0.25, 0.3) is 16.3 Å². The molecule has 4 aromatic rings. The number of para-hydroxylation sites is 2. The topological polar surface area (TPSA) is 45.9 Å². The Labute approximate surface area is 182 Å². The van der Waals surface area contributed by atoms with Crippen LogP contribution in [0.1, 0.15) is 11.1 Å². The van der Waals surface area contributed by atoms with Gasteiger partial charge in [-0.15, -0.1) is 11.3 Å². The molecule has 142 valence electrons. The maximum atomic E-state index is 9.64. The molecule has 6 heteroatoms. The Hall–Kier alpha value is -2.78. The van der Waals surface area contributed by atoms with Crippen LogP contribution in [0.3, 0.4) is 0 Å². The molecule has 1 heterocycles. The van der Waals surface area contributed by atoms with Crippen molar-refractivity contribution in [1.29, 1.82) is 5.26 Å². The van der Waals surface area contributed by atoms with Crippen LogP contribution in [0.15, 0.2) is 82.0 Å². The summed E-state index contributed by atoms with van der Waals surface area (Å²) in [4.78, 5) is 5.15. The average Bonchev–Trinajstić information content (AvgIpc) is 3.16. The van der Waals surface area contributed by atoms with Gasteiger partial charge in [0.15, 0.2) is 4.34 Å². The van der Waals surface area contributed by atoms with E-state index in [1.54, 1.807) is 11.3 Å². The van der Waals surface area contributed by atoms with Gasteiger partial charge in [-0.05, 0) is 42.1 Å². The molecule has 0 bridgehead atoms. The second-order valence-electron chi connectivity index (χ2n) is 6.09. The quantitative estimate of drug-likeness (QED) is 0.238. The molecule has 0 amide bonds. The summed E-state index contributed by atoms with van der Waals surface area (Å²) >= 11 is 9.16. The van der Waals surface area contributed by atoms with Gasteiger partial charge in [0.25, 0.3) is 0 Å². The van der Waals surface area contributed by atoms with Crippen LogP contribution in [-0.4, -0.2) is 4.98 Å². The molecular formula is C23H15ClN2OS2. The summed E-state index contributed by atoms with van der Waals surface area (Å²) in [6.07, 6.45) is 1.83. The van der Waals surface area contributed by atoms with Gasteiger partial charge in [-0.25, -0.2) is 4.98 Å². The highest BCUT2D eigenvalue weighted by molar-refractivity contribution is 8.05. The fourth-order valence-corrected chi connectivity index (χ4v) is 4.87. The third kappa shape index (κ3) is 4.80. The molecule has 1 aromatic heterocycles. The highest BCUT2D eigenvalue weighted by Gasteiger charge is 2.09. The van der Waals surface area contributed by atoms with Crippen molar-refractivity contribution < 1.29 is 4.74 Å². The summed E-state index contributed by atoms with van der Waals surface area (Å²) in [5, 5.41) is 10.3. The van der Waals surface area contributed by atoms with Crippen LogP contribution < -0.4 is 4.74 Å². The third-order valence-corrected chi connectivity index (χ3v) is 6.52. The number of nitrogens with zero attached hydrogens (tertiary/aromatic N) is 2. The Kier molecular flexibility index (Phi) is 6.16. The molecule has 0 fully saturated rings. The van der Waals surface area contributed by atoms with Gasteiger partial charge in [-0.1, -0.05) is 60.1 Å². The second-order valence-corrected chi connectivity index (χ2v) is 8.81. The van der Waals surface area contributed by atoms with Crippen LogP contribution in [0.4, 0.5) is 0 Å². The van der Waals surface area contributed by atoms with Crippen molar-refractivity contribution in [2.45, 2.75) is 10.9 Å². The van der Waals surface area contributed by atoms with Crippen molar-refractivity contribution in [2.75, 3.05) is 0 Å². The molecule has 0 spiro atoms. The summed E-state index contributed by atoms with van der Waals surface area (Å²) < 4.78 is 7.94. The summed E-state index contributed by atoms with van der Waals surface area (Å²) in [6, 6.07) is 25.5. The molecule has 0 saturated heterocycles. The van der Waals surface area contributed by atoms with E-state index >= 15 is 0 Å². The number of hydrogen-bond acceptors (Lipinski definition) is 5. The zero-order valence-corrected chi connectivity index (χ0v) is 17.6. The Morgan fingerprint density at radius 2 is 1.83 bits per heavy atom.